The summed E-state index contributed by atoms with van der Waals surface area (Å²) in [6.07, 6.45) is 0. The molecule has 1 aromatic heterocycles. The van der Waals surface area contributed by atoms with Crippen molar-refractivity contribution in [3.05, 3.63) is 15.9 Å². The second-order valence-electron chi connectivity index (χ2n) is 4.37. The van der Waals surface area contributed by atoms with Crippen LogP contribution in [0.1, 0.15) is 32.2 Å². The van der Waals surface area contributed by atoms with Gasteiger partial charge in [0.25, 0.3) is 0 Å². The molecule has 0 spiro atoms. The van der Waals surface area contributed by atoms with E-state index in [1.807, 2.05) is 30.4 Å². The van der Waals surface area contributed by atoms with Gasteiger partial charge in [-0.3, -0.25) is 4.68 Å². The topological polar surface area (TPSA) is 17.8 Å². The van der Waals surface area contributed by atoms with Gasteiger partial charge < -0.3 is 0 Å². The zero-order valence-electron chi connectivity index (χ0n) is 9.39. The summed E-state index contributed by atoms with van der Waals surface area (Å²) in [5.74, 6) is 1.00. The lowest BCUT2D eigenvalue weighted by molar-refractivity contribution is 0.724. The van der Waals surface area contributed by atoms with Gasteiger partial charge in [-0.15, -0.1) is 11.8 Å². The molecule has 0 aliphatic rings. The summed E-state index contributed by atoms with van der Waals surface area (Å²) < 4.78 is 3.41. The highest BCUT2D eigenvalue weighted by molar-refractivity contribution is 9.10. The first-order chi connectivity index (χ1) is 6.31. The lowest BCUT2D eigenvalue weighted by Gasteiger charge is -2.17. The number of hydrogen-bond acceptors (Lipinski definition) is 2. The van der Waals surface area contributed by atoms with E-state index < -0.39 is 0 Å². The van der Waals surface area contributed by atoms with E-state index in [9.17, 15) is 0 Å². The van der Waals surface area contributed by atoms with Crippen molar-refractivity contribution < 1.29 is 0 Å². The van der Waals surface area contributed by atoms with Crippen molar-refractivity contribution in [2.75, 3.05) is 0 Å². The molecule has 1 heterocycles. The van der Waals surface area contributed by atoms with E-state index in [2.05, 4.69) is 41.8 Å². The van der Waals surface area contributed by atoms with E-state index in [1.165, 1.54) is 5.69 Å². The fraction of sp³-hybridized carbons (Fsp3) is 0.700. The first-order valence-electron chi connectivity index (χ1n) is 4.63. The van der Waals surface area contributed by atoms with Crippen LogP contribution in [0.25, 0.3) is 0 Å². The maximum Gasteiger partial charge on any atom is 0.0738 e. The average Bonchev–Trinajstić information content (AvgIpc) is 2.23. The van der Waals surface area contributed by atoms with Crippen molar-refractivity contribution in [1.82, 2.24) is 9.78 Å². The second kappa shape index (κ2) is 4.27. The molecule has 1 aromatic rings. The molecule has 14 heavy (non-hydrogen) atoms. The smallest absolute Gasteiger partial charge is 0.0738 e. The largest absolute Gasteiger partial charge is 0.270 e. The second-order valence-corrected chi connectivity index (χ2v) is 6.97. The Labute approximate surface area is 98.6 Å². The maximum absolute atomic E-state index is 4.37. The van der Waals surface area contributed by atoms with Crippen LogP contribution in [0.2, 0.25) is 0 Å². The highest BCUT2D eigenvalue weighted by atomic mass is 79.9. The van der Waals surface area contributed by atoms with E-state index in [0.717, 1.165) is 15.9 Å². The molecule has 0 amide bonds. The molecule has 0 saturated heterocycles. The minimum absolute atomic E-state index is 0.303. The molecular weight excluding hydrogens is 260 g/mol. The Kier molecular flexibility index (Phi) is 3.69. The van der Waals surface area contributed by atoms with E-state index in [1.54, 1.807) is 0 Å². The fourth-order valence-corrected chi connectivity index (χ4v) is 2.68. The number of rotatable bonds is 2. The molecule has 0 saturated carbocycles. The maximum atomic E-state index is 4.37. The van der Waals surface area contributed by atoms with Crippen LogP contribution in [-0.4, -0.2) is 14.5 Å². The third-order valence-corrected chi connectivity index (χ3v) is 4.22. The van der Waals surface area contributed by atoms with Gasteiger partial charge >= 0.3 is 0 Å². The molecule has 0 aliphatic heterocycles. The van der Waals surface area contributed by atoms with Gasteiger partial charge in [0, 0.05) is 17.5 Å². The Balaban J connectivity index is 2.77. The summed E-state index contributed by atoms with van der Waals surface area (Å²) in [6, 6.07) is 0. The summed E-state index contributed by atoms with van der Waals surface area (Å²) in [7, 11) is 2.00. The third-order valence-electron chi connectivity index (χ3n) is 1.90. The molecule has 2 nitrogen and oxygen atoms in total. The Morgan fingerprint density at radius 3 is 2.36 bits per heavy atom. The number of aryl methyl sites for hydroxylation is 2. The number of halogens is 1. The normalized spacial score (nSPS) is 12.1. The van der Waals surface area contributed by atoms with E-state index >= 15 is 0 Å². The first kappa shape index (κ1) is 12.1. The molecule has 0 aliphatic carbocycles. The van der Waals surface area contributed by atoms with Gasteiger partial charge in [0.15, 0.2) is 0 Å². The molecule has 0 aromatic carbocycles. The summed E-state index contributed by atoms with van der Waals surface area (Å²) in [5.41, 5.74) is 2.33. The Morgan fingerprint density at radius 2 is 2.00 bits per heavy atom. The Bertz CT molecular complexity index is 326. The fourth-order valence-electron chi connectivity index (χ4n) is 1.12. The van der Waals surface area contributed by atoms with Crippen LogP contribution in [0, 0.1) is 6.92 Å². The molecule has 0 atom stereocenters. The van der Waals surface area contributed by atoms with Gasteiger partial charge in [0.05, 0.1) is 15.9 Å². The van der Waals surface area contributed by atoms with Crippen LogP contribution in [0.5, 0.6) is 0 Å². The molecule has 1 rings (SSSR count). The minimum Gasteiger partial charge on any atom is -0.270 e. The number of hydrogen-bond donors (Lipinski definition) is 0. The Morgan fingerprint density at radius 1 is 1.43 bits per heavy atom. The van der Waals surface area contributed by atoms with E-state index in [4.69, 9.17) is 0 Å². The molecule has 0 radical (unpaired) electrons. The SMILES string of the molecule is Cc1nn(C)c(CSC(C)(C)C)c1Br. The quantitative estimate of drug-likeness (QED) is 0.823. The molecule has 0 bridgehead atoms. The standard InChI is InChI=1S/C10H17BrN2S/c1-7-9(11)8(13(5)12-7)6-14-10(2,3)4/h6H2,1-5H3. The zero-order valence-corrected chi connectivity index (χ0v) is 11.8. The van der Waals surface area contributed by atoms with Gasteiger partial charge in [-0.1, -0.05) is 20.8 Å². The molecule has 80 valence electrons. The van der Waals surface area contributed by atoms with Crippen LogP contribution in [-0.2, 0) is 12.8 Å². The van der Waals surface area contributed by atoms with Crippen molar-refractivity contribution in [2.45, 2.75) is 38.2 Å². The van der Waals surface area contributed by atoms with E-state index in [-0.39, 0.29) is 0 Å². The third kappa shape index (κ3) is 3.02. The van der Waals surface area contributed by atoms with Crippen LogP contribution in [0.15, 0.2) is 4.47 Å². The van der Waals surface area contributed by atoms with Gasteiger partial charge in [0.1, 0.15) is 0 Å². The van der Waals surface area contributed by atoms with Gasteiger partial charge in [-0.2, -0.15) is 5.10 Å². The molecule has 0 fully saturated rings. The summed E-state index contributed by atoms with van der Waals surface area (Å²) in [4.78, 5) is 0. The van der Waals surface area contributed by atoms with E-state index in [0.29, 0.717) is 4.75 Å². The van der Waals surface area contributed by atoms with Gasteiger partial charge in [0.2, 0.25) is 0 Å². The summed E-state index contributed by atoms with van der Waals surface area (Å²) in [5, 5.41) is 4.37. The van der Waals surface area contributed by atoms with Gasteiger partial charge in [-0.05, 0) is 22.9 Å². The summed E-state index contributed by atoms with van der Waals surface area (Å²) in [6.45, 7) is 8.72. The summed E-state index contributed by atoms with van der Waals surface area (Å²) >= 11 is 5.51. The average molecular weight is 277 g/mol. The number of thioether (sulfide) groups is 1. The Hall–Kier alpha value is 0.0400. The van der Waals surface area contributed by atoms with Crippen molar-refractivity contribution in [1.29, 1.82) is 0 Å². The molecular formula is C10H17BrN2S. The lowest BCUT2D eigenvalue weighted by atomic mass is 10.3. The highest BCUT2D eigenvalue weighted by Gasteiger charge is 2.15. The van der Waals surface area contributed by atoms with Crippen LogP contribution in [0.3, 0.4) is 0 Å². The predicted molar refractivity (Wildman–Crippen MR) is 66.7 cm³/mol. The highest BCUT2D eigenvalue weighted by Crippen LogP contribution is 2.30. The first-order valence-corrected chi connectivity index (χ1v) is 6.41. The van der Waals surface area contributed by atoms with Gasteiger partial charge in [-0.25, -0.2) is 0 Å². The number of aromatic nitrogens is 2. The monoisotopic (exact) mass is 276 g/mol. The van der Waals surface area contributed by atoms with Crippen molar-refractivity contribution >= 4 is 27.7 Å². The molecule has 0 N–H and O–H groups in total. The van der Waals surface area contributed by atoms with Crippen LogP contribution in [0.4, 0.5) is 0 Å². The lowest BCUT2D eigenvalue weighted by Crippen LogP contribution is -2.09. The molecule has 4 heteroatoms. The van der Waals surface area contributed by atoms with Crippen molar-refractivity contribution in [2.24, 2.45) is 7.05 Å². The minimum atomic E-state index is 0.303. The molecule has 0 unspecified atom stereocenters. The number of nitrogens with zero attached hydrogens (tertiary/aromatic N) is 2. The predicted octanol–water partition coefficient (Wildman–Crippen LogP) is 3.52. The van der Waals surface area contributed by atoms with Crippen molar-refractivity contribution in [3.63, 3.8) is 0 Å². The van der Waals surface area contributed by atoms with Crippen LogP contribution >= 0.6 is 27.7 Å². The van der Waals surface area contributed by atoms with Crippen molar-refractivity contribution in [3.8, 4) is 0 Å². The van der Waals surface area contributed by atoms with Crippen LogP contribution < -0.4 is 0 Å². The zero-order chi connectivity index (χ0) is 10.9.